The highest BCUT2D eigenvalue weighted by Gasteiger charge is 2.38. The molecule has 24 heavy (non-hydrogen) atoms. The second-order valence-corrected chi connectivity index (χ2v) is 7.84. The molecule has 2 aromatic carbocycles. The van der Waals surface area contributed by atoms with Crippen molar-refractivity contribution in [3.05, 3.63) is 76.4 Å². The van der Waals surface area contributed by atoms with Gasteiger partial charge in [0.05, 0.1) is 6.04 Å². The molecule has 4 rings (SSSR count). The Balaban J connectivity index is 1.75. The zero-order valence-corrected chi connectivity index (χ0v) is 15.1. The van der Waals surface area contributed by atoms with E-state index in [2.05, 4.69) is 81.6 Å². The summed E-state index contributed by atoms with van der Waals surface area (Å²) in [6.07, 6.45) is 5.97. The maximum Gasteiger partial charge on any atom is 0.0554 e. The number of hydrogen-bond acceptors (Lipinski definition) is 1. The summed E-state index contributed by atoms with van der Waals surface area (Å²) < 4.78 is 0. The van der Waals surface area contributed by atoms with E-state index in [0.717, 1.165) is 0 Å². The summed E-state index contributed by atoms with van der Waals surface area (Å²) in [7, 11) is 0. The van der Waals surface area contributed by atoms with Crippen LogP contribution in [0.25, 0.3) is 0 Å². The monoisotopic (exact) mass is 317 g/mol. The molecule has 0 radical (unpaired) electrons. The lowest BCUT2D eigenvalue weighted by atomic mass is 9.76. The van der Waals surface area contributed by atoms with Gasteiger partial charge in [-0.3, -0.25) is 0 Å². The molecule has 0 saturated carbocycles. The Hall–Kier alpha value is -2.02. The van der Waals surface area contributed by atoms with Crippen molar-refractivity contribution in [3.63, 3.8) is 0 Å². The van der Waals surface area contributed by atoms with Crippen molar-refractivity contribution in [3.8, 4) is 0 Å². The van der Waals surface area contributed by atoms with Crippen molar-refractivity contribution in [1.82, 2.24) is 0 Å². The Bertz CT molecular complexity index is 782. The summed E-state index contributed by atoms with van der Waals surface area (Å²) in [5.41, 5.74) is 8.42. The topological polar surface area (TPSA) is 12.0 Å². The maximum atomic E-state index is 3.89. The molecule has 0 saturated heterocycles. The fourth-order valence-electron chi connectivity index (χ4n) is 4.49. The van der Waals surface area contributed by atoms with Crippen LogP contribution in [0.2, 0.25) is 0 Å². The van der Waals surface area contributed by atoms with E-state index in [0.29, 0.717) is 23.8 Å². The zero-order chi connectivity index (χ0) is 16.8. The number of nitrogens with one attached hydrogen (secondary N) is 1. The molecule has 1 nitrogen and oxygen atoms in total. The summed E-state index contributed by atoms with van der Waals surface area (Å²) >= 11 is 0. The summed E-state index contributed by atoms with van der Waals surface area (Å²) in [5.74, 6) is 1.77. The van der Waals surface area contributed by atoms with Crippen molar-refractivity contribution in [2.45, 2.75) is 52.0 Å². The zero-order valence-electron chi connectivity index (χ0n) is 15.1. The van der Waals surface area contributed by atoms with Crippen molar-refractivity contribution >= 4 is 5.69 Å². The minimum absolute atomic E-state index is 0.403. The molecular formula is C23H27N. The number of hydrogen-bond donors (Lipinski definition) is 1. The first-order valence-corrected chi connectivity index (χ1v) is 9.19. The third kappa shape index (κ3) is 2.47. The molecule has 0 fully saturated rings. The lowest BCUT2D eigenvalue weighted by molar-refractivity contribution is 0.425. The Kier molecular flexibility index (Phi) is 3.75. The second-order valence-electron chi connectivity index (χ2n) is 7.84. The van der Waals surface area contributed by atoms with Gasteiger partial charge in [-0.15, -0.1) is 0 Å². The van der Waals surface area contributed by atoms with Crippen LogP contribution in [0.5, 0.6) is 0 Å². The minimum atomic E-state index is 0.403. The van der Waals surface area contributed by atoms with Gasteiger partial charge in [-0.2, -0.15) is 0 Å². The Morgan fingerprint density at radius 2 is 1.79 bits per heavy atom. The first-order valence-electron chi connectivity index (χ1n) is 9.19. The molecule has 0 spiro atoms. The van der Waals surface area contributed by atoms with Gasteiger partial charge in [-0.25, -0.2) is 0 Å². The average Bonchev–Trinajstić information content (AvgIpc) is 3.04. The molecule has 0 amide bonds. The lowest BCUT2D eigenvalue weighted by Crippen LogP contribution is -2.29. The second kappa shape index (κ2) is 5.81. The molecule has 1 N–H and O–H groups in total. The van der Waals surface area contributed by atoms with E-state index in [1.807, 2.05) is 0 Å². The van der Waals surface area contributed by atoms with Gasteiger partial charge in [0.1, 0.15) is 0 Å². The van der Waals surface area contributed by atoms with E-state index in [-0.39, 0.29) is 0 Å². The van der Waals surface area contributed by atoms with Crippen LogP contribution in [-0.2, 0) is 0 Å². The van der Waals surface area contributed by atoms with Gasteiger partial charge in [0.15, 0.2) is 0 Å². The summed E-state index contributed by atoms with van der Waals surface area (Å²) in [4.78, 5) is 0. The van der Waals surface area contributed by atoms with Crippen molar-refractivity contribution in [2.24, 2.45) is 5.92 Å². The maximum absolute atomic E-state index is 3.89. The predicted octanol–water partition coefficient (Wildman–Crippen LogP) is 6.25. The lowest BCUT2D eigenvalue weighted by Gasteiger charge is -2.38. The van der Waals surface area contributed by atoms with Crippen LogP contribution in [0.1, 0.15) is 66.0 Å². The molecule has 1 aliphatic heterocycles. The molecule has 1 heteroatoms. The van der Waals surface area contributed by atoms with Gasteiger partial charge in [0.25, 0.3) is 0 Å². The van der Waals surface area contributed by atoms with Gasteiger partial charge < -0.3 is 5.32 Å². The van der Waals surface area contributed by atoms with Gasteiger partial charge in [0, 0.05) is 11.6 Å². The van der Waals surface area contributed by atoms with Gasteiger partial charge in [-0.05, 0) is 54.4 Å². The van der Waals surface area contributed by atoms with E-state index >= 15 is 0 Å². The predicted molar refractivity (Wildman–Crippen MR) is 103 cm³/mol. The molecule has 1 heterocycles. The molecule has 3 unspecified atom stereocenters. The number of aryl methyl sites for hydroxylation is 2. The number of benzene rings is 2. The quantitative estimate of drug-likeness (QED) is 0.645. The molecule has 2 aromatic rings. The highest BCUT2D eigenvalue weighted by atomic mass is 15.0. The van der Waals surface area contributed by atoms with E-state index in [4.69, 9.17) is 0 Å². The highest BCUT2D eigenvalue weighted by molar-refractivity contribution is 5.65. The fraction of sp³-hybridized carbons (Fsp3) is 0.391. The van der Waals surface area contributed by atoms with Crippen LogP contribution in [0.3, 0.4) is 0 Å². The molecule has 0 bridgehead atoms. The first kappa shape index (κ1) is 15.5. The molecule has 3 atom stereocenters. The smallest absolute Gasteiger partial charge is 0.0554 e. The van der Waals surface area contributed by atoms with E-state index in [1.165, 1.54) is 39.9 Å². The van der Waals surface area contributed by atoms with Crippen LogP contribution in [0, 0.1) is 19.8 Å². The summed E-state index contributed by atoms with van der Waals surface area (Å²) in [6, 6.07) is 14.3. The Labute approximate surface area is 145 Å². The standard InChI is InChI=1S/C23H27N/c1-14(2)17-8-10-18(11-9-17)23-20-7-5-6-19(20)21-13-15(3)12-16(4)22(21)24-23/h5-6,8-14,19-20,23-24H,7H2,1-4H3. The van der Waals surface area contributed by atoms with E-state index in [1.54, 1.807) is 0 Å². The van der Waals surface area contributed by atoms with Crippen molar-refractivity contribution in [2.75, 3.05) is 5.32 Å². The van der Waals surface area contributed by atoms with Gasteiger partial charge >= 0.3 is 0 Å². The van der Waals surface area contributed by atoms with Crippen molar-refractivity contribution in [1.29, 1.82) is 0 Å². The molecule has 1 aliphatic carbocycles. The first-order chi connectivity index (χ1) is 11.5. The van der Waals surface area contributed by atoms with E-state index in [9.17, 15) is 0 Å². The third-order valence-corrected chi connectivity index (χ3v) is 5.77. The summed E-state index contributed by atoms with van der Waals surface area (Å²) in [5, 5.41) is 3.89. The molecule has 124 valence electrons. The van der Waals surface area contributed by atoms with Crippen LogP contribution in [0.4, 0.5) is 5.69 Å². The summed E-state index contributed by atoms with van der Waals surface area (Å²) in [6.45, 7) is 8.95. The number of fused-ring (bicyclic) bond motifs is 3. The van der Waals surface area contributed by atoms with Crippen LogP contribution in [-0.4, -0.2) is 0 Å². The van der Waals surface area contributed by atoms with Crippen LogP contribution in [0.15, 0.2) is 48.6 Å². The molecule has 2 aliphatic rings. The minimum Gasteiger partial charge on any atom is -0.377 e. The number of rotatable bonds is 2. The fourth-order valence-corrected chi connectivity index (χ4v) is 4.49. The largest absolute Gasteiger partial charge is 0.377 e. The Morgan fingerprint density at radius 3 is 2.50 bits per heavy atom. The van der Waals surface area contributed by atoms with E-state index < -0.39 is 0 Å². The van der Waals surface area contributed by atoms with Crippen LogP contribution >= 0.6 is 0 Å². The number of allylic oxidation sites excluding steroid dienone is 2. The third-order valence-electron chi connectivity index (χ3n) is 5.77. The molecule has 0 aromatic heterocycles. The number of anilines is 1. The van der Waals surface area contributed by atoms with Crippen LogP contribution < -0.4 is 5.32 Å². The normalized spacial score (nSPS) is 24.6. The Morgan fingerprint density at radius 1 is 1.04 bits per heavy atom. The molecular weight excluding hydrogens is 290 g/mol. The van der Waals surface area contributed by atoms with Gasteiger partial charge in [0.2, 0.25) is 0 Å². The van der Waals surface area contributed by atoms with Crippen molar-refractivity contribution < 1.29 is 0 Å². The van der Waals surface area contributed by atoms with Gasteiger partial charge in [-0.1, -0.05) is 68.0 Å². The average molecular weight is 317 g/mol. The SMILES string of the molecule is Cc1cc(C)c2c(c1)C1C=CCC1C(c1ccc(C(C)C)cc1)N2. The highest BCUT2D eigenvalue weighted by Crippen LogP contribution is 2.50.